The van der Waals surface area contributed by atoms with Crippen molar-refractivity contribution in [2.24, 2.45) is 5.92 Å². The zero-order valence-electron chi connectivity index (χ0n) is 19.4. The summed E-state index contributed by atoms with van der Waals surface area (Å²) in [5.41, 5.74) is 2.60. The van der Waals surface area contributed by atoms with Crippen molar-refractivity contribution in [3.63, 3.8) is 0 Å². The molecule has 7 heteroatoms. The standard InChI is InChI=1S/C24H34N2O4S/c1-16(2)26(15-22-8-7-20(6)30-22)24(27)21-9-11-25(12-10-21)31(28,29)23-18(4)13-17(3)14-19(23)5/h7-8,13-14,16,21H,9-12,15H2,1-6H3. The van der Waals surface area contributed by atoms with E-state index in [2.05, 4.69) is 0 Å². The first kappa shape index (κ1) is 23.5. The lowest BCUT2D eigenvalue weighted by Crippen LogP contribution is -2.46. The Labute approximate surface area is 186 Å². The molecule has 31 heavy (non-hydrogen) atoms. The molecule has 0 atom stereocenters. The summed E-state index contributed by atoms with van der Waals surface area (Å²) in [6.45, 7) is 12.7. The van der Waals surface area contributed by atoms with Crippen LogP contribution >= 0.6 is 0 Å². The van der Waals surface area contributed by atoms with E-state index in [4.69, 9.17) is 4.42 Å². The van der Waals surface area contributed by atoms with Gasteiger partial charge in [0, 0.05) is 25.0 Å². The number of carbonyl (C=O) groups excluding carboxylic acids is 1. The van der Waals surface area contributed by atoms with Crippen molar-refractivity contribution in [1.82, 2.24) is 9.21 Å². The summed E-state index contributed by atoms with van der Waals surface area (Å²) in [5.74, 6) is 1.49. The number of sulfonamides is 1. The van der Waals surface area contributed by atoms with Gasteiger partial charge in [0.15, 0.2) is 0 Å². The van der Waals surface area contributed by atoms with E-state index in [0.29, 0.717) is 37.4 Å². The number of piperidine rings is 1. The van der Waals surface area contributed by atoms with Crippen LogP contribution < -0.4 is 0 Å². The van der Waals surface area contributed by atoms with Gasteiger partial charge in [0.1, 0.15) is 11.5 Å². The van der Waals surface area contributed by atoms with E-state index >= 15 is 0 Å². The van der Waals surface area contributed by atoms with E-state index in [-0.39, 0.29) is 17.9 Å². The Kier molecular flexibility index (Phi) is 6.96. The summed E-state index contributed by atoms with van der Waals surface area (Å²) in [5, 5.41) is 0. The lowest BCUT2D eigenvalue weighted by atomic mass is 9.96. The van der Waals surface area contributed by atoms with Crippen LogP contribution in [0.1, 0.15) is 54.9 Å². The summed E-state index contributed by atoms with van der Waals surface area (Å²) in [4.78, 5) is 15.5. The molecular formula is C24H34N2O4S. The molecule has 1 fully saturated rings. The van der Waals surface area contributed by atoms with Crippen LogP contribution in [0.15, 0.2) is 33.6 Å². The van der Waals surface area contributed by atoms with E-state index in [0.717, 1.165) is 28.2 Å². The predicted molar refractivity (Wildman–Crippen MR) is 121 cm³/mol. The van der Waals surface area contributed by atoms with Gasteiger partial charge in [0.25, 0.3) is 0 Å². The number of rotatable bonds is 6. The zero-order valence-corrected chi connectivity index (χ0v) is 20.3. The first-order valence-corrected chi connectivity index (χ1v) is 12.4. The molecule has 170 valence electrons. The van der Waals surface area contributed by atoms with Crippen molar-refractivity contribution in [2.75, 3.05) is 13.1 Å². The third-order valence-electron chi connectivity index (χ3n) is 6.03. The third-order valence-corrected chi connectivity index (χ3v) is 8.24. The number of carbonyl (C=O) groups is 1. The van der Waals surface area contributed by atoms with Crippen molar-refractivity contribution in [3.05, 3.63) is 52.5 Å². The molecule has 1 saturated heterocycles. The molecule has 1 aliphatic heterocycles. The van der Waals surface area contributed by atoms with Crippen LogP contribution in [-0.2, 0) is 21.4 Å². The Hall–Kier alpha value is -2.12. The normalized spacial score (nSPS) is 16.1. The van der Waals surface area contributed by atoms with Crippen LogP contribution in [0.4, 0.5) is 0 Å². The second-order valence-corrected chi connectivity index (χ2v) is 10.9. The van der Waals surface area contributed by atoms with Crippen LogP contribution in [0, 0.1) is 33.6 Å². The van der Waals surface area contributed by atoms with Gasteiger partial charge in [-0.3, -0.25) is 4.79 Å². The van der Waals surface area contributed by atoms with Gasteiger partial charge in [-0.1, -0.05) is 17.7 Å². The molecule has 1 aliphatic rings. The van der Waals surface area contributed by atoms with Gasteiger partial charge in [-0.15, -0.1) is 0 Å². The fourth-order valence-corrected chi connectivity index (χ4v) is 6.41. The van der Waals surface area contributed by atoms with Crippen molar-refractivity contribution < 1.29 is 17.6 Å². The molecule has 0 saturated carbocycles. The molecule has 0 aliphatic carbocycles. The fourth-order valence-electron chi connectivity index (χ4n) is 4.53. The lowest BCUT2D eigenvalue weighted by Gasteiger charge is -2.35. The summed E-state index contributed by atoms with van der Waals surface area (Å²) >= 11 is 0. The molecular weight excluding hydrogens is 412 g/mol. The molecule has 2 heterocycles. The SMILES string of the molecule is Cc1cc(C)c(S(=O)(=O)N2CCC(C(=O)N(Cc3ccc(C)o3)C(C)C)CC2)c(C)c1. The largest absolute Gasteiger partial charge is 0.464 e. The van der Waals surface area contributed by atoms with Gasteiger partial charge >= 0.3 is 0 Å². The Morgan fingerprint density at radius 1 is 1.10 bits per heavy atom. The second-order valence-electron chi connectivity index (χ2n) is 8.98. The van der Waals surface area contributed by atoms with Crippen molar-refractivity contribution in [3.8, 4) is 0 Å². The molecule has 1 aromatic heterocycles. The summed E-state index contributed by atoms with van der Waals surface area (Å²) in [6, 6.07) is 7.66. The highest BCUT2D eigenvalue weighted by Crippen LogP contribution is 2.30. The summed E-state index contributed by atoms with van der Waals surface area (Å²) in [7, 11) is -3.58. The molecule has 1 aromatic carbocycles. The maximum atomic E-state index is 13.3. The average Bonchev–Trinajstić information content (AvgIpc) is 3.09. The molecule has 2 aromatic rings. The van der Waals surface area contributed by atoms with Crippen molar-refractivity contribution in [2.45, 2.75) is 71.9 Å². The fraction of sp³-hybridized carbons (Fsp3) is 0.542. The van der Waals surface area contributed by atoms with Gasteiger partial charge in [-0.25, -0.2) is 8.42 Å². The highest BCUT2D eigenvalue weighted by molar-refractivity contribution is 7.89. The molecule has 1 amide bonds. The Morgan fingerprint density at radius 3 is 2.16 bits per heavy atom. The van der Waals surface area contributed by atoms with E-state index in [1.165, 1.54) is 4.31 Å². The molecule has 6 nitrogen and oxygen atoms in total. The zero-order chi connectivity index (χ0) is 22.9. The van der Waals surface area contributed by atoms with E-state index in [1.807, 2.05) is 70.7 Å². The highest BCUT2D eigenvalue weighted by Gasteiger charge is 2.35. The molecule has 0 bridgehead atoms. The van der Waals surface area contributed by atoms with Gasteiger partial charge < -0.3 is 9.32 Å². The molecule has 0 radical (unpaired) electrons. The lowest BCUT2D eigenvalue weighted by molar-refractivity contribution is -0.139. The first-order chi connectivity index (χ1) is 14.5. The van der Waals surface area contributed by atoms with Gasteiger partial charge in [-0.2, -0.15) is 4.31 Å². The van der Waals surface area contributed by atoms with Gasteiger partial charge in [-0.05, 0) is 77.6 Å². The van der Waals surface area contributed by atoms with Crippen LogP contribution in [-0.4, -0.2) is 42.7 Å². The number of benzene rings is 1. The predicted octanol–water partition coefficient (Wildman–Crippen LogP) is 4.35. The van der Waals surface area contributed by atoms with Crippen molar-refractivity contribution >= 4 is 15.9 Å². The van der Waals surface area contributed by atoms with Gasteiger partial charge in [0.2, 0.25) is 15.9 Å². The van der Waals surface area contributed by atoms with E-state index < -0.39 is 10.0 Å². The minimum absolute atomic E-state index is 0.0394. The molecule has 3 rings (SSSR count). The van der Waals surface area contributed by atoms with Gasteiger partial charge in [0.05, 0.1) is 11.4 Å². The Bertz CT molecular complexity index is 1020. The smallest absolute Gasteiger partial charge is 0.243 e. The monoisotopic (exact) mass is 446 g/mol. The number of aryl methyl sites for hydroxylation is 4. The average molecular weight is 447 g/mol. The Morgan fingerprint density at radius 2 is 1.68 bits per heavy atom. The highest BCUT2D eigenvalue weighted by atomic mass is 32.2. The number of nitrogens with zero attached hydrogens (tertiary/aromatic N) is 2. The minimum Gasteiger partial charge on any atom is -0.464 e. The molecule has 0 N–H and O–H groups in total. The van der Waals surface area contributed by atoms with E-state index in [1.54, 1.807) is 0 Å². The Balaban J connectivity index is 1.71. The summed E-state index contributed by atoms with van der Waals surface area (Å²) in [6.07, 6.45) is 1.06. The number of hydrogen-bond donors (Lipinski definition) is 0. The van der Waals surface area contributed by atoms with Crippen molar-refractivity contribution in [1.29, 1.82) is 0 Å². The maximum Gasteiger partial charge on any atom is 0.243 e. The van der Waals surface area contributed by atoms with Crippen LogP contribution in [0.25, 0.3) is 0 Å². The van der Waals surface area contributed by atoms with E-state index in [9.17, 15) is 13.2 Å². The second kappa shape index (κ2) is 9.17. The molecule has 0 unspecified atom stereocenters. The maximum absolute atomic E-state index is 13.3. The number of amides is 1. The summed E-state index contributed by atoms with van der Waals surface area (Å²) < 4.78 is 33.8. The first-order valence-electron chi connectivity index (χ1n) is 10.9. The third kappa shape index (κ3) is 5.04. The molecule has 0 spiro atoms. The number of furan rings is 1. The van der Waals surface area contributed by atoms with Crippen LogP contribution in [0.5, 0.6) is 0 Å². The van der Waals surface area contributed by atoms with Crippen LogP contribution in [0.3, 0.4) is 0 Å². The topological polar surface area (TPSA) is 70.8 Å². The quantitative estimate of drug-likeness (QED) is 0.661. The van der Waals surface area contributed by atoms with Crippen LogP contribution in [0.2, 0.25) is 0 Å². The minimum atomic E-state index is -3.58. The number of hydrogen-bond acceptors (Lipinski definition) is 4.